The van der Waals surface area contributed by atoms with Crippen molar-refractivity contribution in [1.82, 2.24) is 14.5 Å². The number of nitrogens with zero attached hydrogens (tertiary/aromatic N) is 2. The van der Waals surface area contributed by atoms with Gasteiger partial charge >= 0.3 is 6.03 Å². The van der Waals surface area contributed by atoms with Gasteiger partial charge in [0, 0.05) is 36.6 Å². The average molecular weight is 398 g/mol. The lowest BCUT2D eigenvalue weighted by molar-refractivity contribution is 0.138. The van der Waals surface area contributed by atoms with Crippen LogP contribution in [-0.2, 0) is 16.4 Å². The molecule has 4 heterocycles. The lowest BCUT2D eigenvalue weighted by Crippen LogP contribution is -2.49. The Morgan fingerprint density at radius 2 is 2.00 bits per heavy atom. The molecule has 26 heavy (non-hydrogen) atoms. The average Bonchev–Trinajstić information content (AvgIpc) is 3.28. The van der Waals surface area contributed by atoms with Crippen molar-refractivity contribution in [1.29, 1.82) is 0 Å². The molecule has 4 aliphatic rings. The second-order valence-corrected chi connectivity index (χ2v) is 11.4. The minimum absolute atomic E-state index is 0.0187. The number of thiophene rings is 1. The number of carbonyl (C=O) groups is 1. The van der Waals surface area contributed by atoms with Crippen molar-refractivity contribution in [3.8, 4) is 0 Å². The minimum Gasteiger partial charge on any atom is -0.338 e. The van der Waals surface area contributed by atoms with Crippen molar-refractivity contribution in [3.63, 3.8) is 0 Å². The Morgan fingerprint density at radius 3 is 2.65 bits per heavy atom. The zero-order valence-electron chi connectivity index (χ0n) is 15.2. The maximum absolute atomic E-state index is 12.7. The standard InChI is InChI=1S/C18H27N3O3S2/c1-18-11-14(12-18)13-21(18)17(22)19-8-7-15-5-6-16(25-15)26(23,24)20-9-3-2-4-10-20/h5-6,14H,2-4,7-13H2,1H3,(H,19,22). The van der Waals surface area contributed by atoms with E-state index in [4.69, 9.17) is 0 Å². The molecule has 3 aliphatic heterocycles. The molecular weight excluding hydrogens is 370 g/mol. The highest BCUT2D eigenvalue weighted by Crippen LogP contribution is 2.49. The SMILES string of the molecule is CC12CC(CN1C(=O)NCCc1ccc(S(=O)(=O)N3CCCCC3)s1)C2. The van der Waals surface area contributed by atoms with Gasteiger partial charge in [-0.2, -0.15) is 4.31 Å². The number of carbonyl (C=O) groups excluding carboxylic acids is 1. The molecule has 1 saturated carbocycles. The number of urea groups is 1. The van der Waals surface area contributed by atoms with E-state index in [1.807, 2.05) is 11.0 Å². The van der Waals surface area contributed by atoms with Gasteiger partial charge < -0.3 is 10.2 Å². The van der Waals surface area contributed by atoms with Crippen LogP contribution in [-0.4, -0.2) is 55.4 Å². The second kappa shape index (κ2) is 6.80. The summed E-state index contributed by atoms with van der Waals surface area (Å²) in [5, 5.41) is 3.00. The summed E-state index contributed by atoms with van der Waals surface area (Å²) in [5.41, 5.74) is 0.0629. The number of amides is 2. The molecule has 1 aliphatic carbocycles. The Hall–Kier alpha value is -1.12. The number of nitrogens with one attached hydrogen (secondary N) is 1. The van der Waals surface area contributed by atoms with Gasteiger partial charge in [0.05, 0.1) is 0 Å². The summed E-state index contributed by atoms with van der Waals surface area (Å²) in [6.45, 7) is 4.83. The quantitative estimate of drug-likeness (QED) is 0.830. The molecule has 2 bridgehead atoms. The highest BCUT2D eigenvalue weighted by atomic mass is 32.2. The number of fused-ring (bicyclic) bond motifs is 1. The number of sulfonamides is 1. The van der Waals surface area contributed by atoms with Gasteiger partial charge in [0.2, 0.25) is 0 Å². The Bertz CT molecular complexity index is 777. The molecule has 1 N–H and O–H groups in total. The lowest BCUT2D eigenvalue weighted by atomic mass is 9.75. The molecule has 8 heteroatoms. The molecular formula is C18H27N3O3S2. The lowest BCUT2D eigenvalue weighted by Gasteiger charge is -2.38. The summed E-state index contributed by atoms with van der Waals surface area (Å²) in [6.07, 6.45) is 5.92. The Morgan fingerprint density at radius 1 is 1.27 bits per heavy atom. The molecule has 144 valence electrons. The molecule has 1 aromatic rings. The molecule has 3 saturated heterocycles. The van der Waals surface area contributed by atoms with E-state index in [0.717, 1.165) is 43.5 Å². The predicted octanol–water partition coefficient (Wildman–Crippen LogP) is 2.66. The maximum Gasteiger partial charge on any atom is 0.317 e. The van der Waals surface area contributed by atoms with E-state index in [1.165, 1.54) is 11.3 Å². The van der Waals surface area contributed by atoms with Crippen LogP contribution in [0.25, 0.3) is 0 Å². The molecule has 0 spiro atoms. The second-order valence-electron chi connectivity index (χ2n) is 8.05. The molecule has 2 amide bonds. The highest BCUT2D eigenvalue weighted by Gasteiger charge is 2.54. The summed E-state index contributed by atoms with van der Waals surface area (Å²) in [7, 11) is -3.35. The highest BCUT2D eigenvalue weighted by molar-refractivity contribution is 7.91. The van der Waals surface area contributed by atoms with Gasteiger partial charge in [-0.05, 0) is 57.1 Å². The van der Waals surface area contributed by atoms with Crippen molar-refractivity contribution in [2.45, 2.75) is 55.2 Å². The van der Waals surface area contributed by atoms with Gasteiger partial charge in [0.15, 0.2) is 0 Å². The summed E-state index contributed by atoms with van der Waals surface area (Å²) in [4.78, 5) is 15.3. The van der Waals surface area contributed by atoms with Crippen LogP contribution in [0.3, 0.4) is 0 Å². The van der Waals surface area contributed by atoms with Crippen LogP contribution >= 0.6 is 11.3 Å². The van der Waals surface area contributed by atoms with E-state index in [9.17, 15) is 13.2 Å². The normalized spacial score (nSPS) is 28.8. The number of piperidine rings is 1. The van der Waals surface area contributed by atoms with Gasteiger partial charge in [0.25, 0.3) is 10.0 Å². The molecule has 4 fully saturated rings. The summed E-state index contributed by atoms with van der Waals surface area (Å²) in [6, 6.07) is 3.61. The van der Waals surface area contributed by atoms with Crippen molar-refractivity contribution in [3.05, 3.63) is 17.0 Å². The predicted molar refractivity (Wildman–Crippen MR) is 102 cm³/mol. The first kappa shape index (κ1) is 18.3. The van der Waals surface area contributed by atoms with Gasteiger partial charge in [-0.15, -0.1) is 11.3 Å². The van der Waals surface area contributed by atoms with Crippen LogP contribution in [0, 0.1) is 5.92 Å². The van der Waals surface area contributed by atoms with E-state index in [-0.39, 0.29) is 11.6 Å². The van der Waals surface area contributed by atoms with Gasteiger partial charge in [-0.1, -0.05) is 6.42 Å². The molecule has 5 rings (SSSR count). The molecule has 0 radical (unpaired) electrons. The van der Waals surface area contributed by atoms with Crippen molar-refractivity contribution in [2.75, 3.05) is 26.2 Å². The third kappa shape index (κ3) is 3.27. The summed E-state index contributed by atoms with van der Waals surface area (Å²) in [5.74, 6) is 0.686. The van der Waals surface area contributed by atoms with E-state index in [1.54, 1.807) is 10.4 Å². The topological polar surface area (TPSA) is 69.7 Å². The first-order valence-corrected chi connectivity index (χ1v) is 11.8. The first-order valence-electron chi connectivity index (χ1n) is 9.53. The summed E-state index contributed by atoms with van der Waals surface area (Å²) >= 11 is 1.33. The monoisotopic (exact) mass is 397 g/mol. The fraction of sp³-hybridized carbons (Fsp3) is 0.722. The zero-order chi connectivity index (χ0) is 18.4. The minimum atomic E-state index is -3.35. The van der Waals surface area contributed by atoms with Crippen LogP contribution in [0.15, 0.2) is 16.3 Å². The maximum atomic E-state index is 12.7. The molecule has 0 unspecified atom stereocenters. The van der Waals surface area contributed by atoms with Crippen LogP contribution in [0.1, 0.15) is 43.9 Å². The third-order valence-electron chi connectivity index (χ3n) is 5.99. The molecule has 0 aromatic carbocycles. The number of hydrogen-bond acceptors (Lipinski definition) is 4. The van der Waals surface area contributed by atoms with Crippen LogP contribution in [0.4, 0.5) is 4.79 Å². The van der Waals surface area contributed by atoms with E-state index >= 15 is 0 Å². The largest absolute Gasteiger partial charge is 0.338 e. The smallest absolute Gasteiger partial charge is 0.317 e. The number of hydrogen-bond donors (Lipinski definition) is 1. The van der Waals surface area contributed by atoms with E-state index in [2.05, 4.69) is 12.2 Å². The summed E-state index contributed by atoms with van der Waals surface area (Å²) < 4.78 is 27.4. The van der Waals surface area contributed by atoms with Crippen LogP contribution in [0.2, 0.25) is 0 Å². The van der Waals surface area contributed by atoms with Crippen molar-refractivity contribution >= 4 is 27.4 Å². The fourth-order valence-electron chi connectivity index (χ4n) is 4.59. The van der Waals surface area contributed by atoms with E-state index < -0.39 is 10.0 Å². The van der Waals surface area contributed by atoms with Gasteiger partial charge in [-0.25, -0.2) is 13.2 Å². The zero-order valence-corrected chi connectivity index (χ0v) is 16.9. The van der Waals surface area contributed by atoms with Crippen molar-refractivity contribution < 1.29 is 13.2 Å². The van der Waals surface area contributed by atoms with Crippen LogP contribution < -0.4 is 5.32 Å². The van der Waals surface area contributed by atoms with Gasteiger partial charge in [0.1, 0.15) is 4.21 Å². The Kier molecular flexibility index (Phi) is 4.77. The Balaban J connectivity index is 1.30. The van der Waals surface area contributed by atoms with Crippen LogP contribution in [0.5, 0.6) is 0 Å². The first-order chi connectivity index (χ1) is 12.4. The van der Waals surface area contributed by atoms with E-state index in [0.29, 0.717) is 36.2 Å². The third-order valence-corrected chi connectivity index (χ3v) is 9.50. The van der Waals surface area contributed by atoms with Crippen molar-refractivity contribution in [2.24, 2.45) is 5.92 Å². The molecule has 0 atom stereocenters. The molecule has 6 nitrogen and oxygen atoms in total. The molecule has 1 aromatic heterocycles. The Labute approximate surface area is 159 Å². The number of rotatable bonds is 5. The fourth-order valence-corrected chi connectivity index (χ4v) is 7.62. The van der Waals surface area contributed by atoms with Gasteiger partial charge in [-0.3, -0.25) is 0 Å².